The van der Waals surface area contributed by atoms with Gasteiger partial charge in [-0.2, -0.15) is 0 Å². The van der Waals surface area contributed by atoms with E-state index in [4.69, 9.17) is 11.6 Å². The summed E-state index contributed by atoms with van der Waals surface area (Å²) in [6.45, 7) is 6.84. The van der Waals surface area contributed by atoms with Gasteiger partial charge in [0.15, 0.2) is 0 Å². The second-order valence-electron chi connectivity index (χ2n) is 4.39. The fraction of sp³-hybridized carbons (Fsp3) is 0.385. The molecule has 1 aromatic heterocycles. The normalized spacial score (nSPS) is 12.7. The van der Waals surface area contributed by atoms with Gasteiger partial charge in [0.05, 0.1) is 18.1 Å². The highest BCUT2D eigenvalue weighted by molar-refractivity contribution is 6.20. The summed E-state index contributed by atoms with van der Waals surface area (Å²) in [6, 6.07) is 6.43. The van der Waals surface area contributed by atoms with Crippen LogP contribution < -0.4 is 0 Å². The van der Waals surface area contributed by atoms with Crippen LogP contribution in [0.25, 0.3) is 0 Å². The first-order valence-corrected chi connectivity index (χ1v) is 6.10. The van der Waals surface area contributed by atoms with Crippen molar-refractivity contribution in [2.45, 2.75) is 32.7 Å². The van der Waals surface area contributed by atoms with Crippen molar-refractivity contribution in [1.82, 2.24) is 15.0 Å². The fourth-order valence-corrected chi connectivity index (χ4v) is 1.82. The maximum absolute atomic E-state index is 5.96. The molecular weight excluding hydrogens is 234 g/mol. The highest BCUT2D eigenvalue weighted by Gasteiger charge is 2.07. The Labute approximate surface area is 106 Å². The molecule has 0 fully saturated rings. The Bertz CT molecular complexity index is 517. The molecule has 1 unspecified atom stereocenters. The van der Waals surface area contributed by atoms with Crippen LogP contribution >= 0.6 is 11.6 Å². The van der Waals surface area contributed by atoms with E-state index in [1.807, 2.05) is 17.8 Å². The number of nitrogens with zero attached hydrogens (tertiary/aromatic N) is 3. The Kier molecular flexibility index (Phi) is 3.48. The van der Waals surface area contributed by atoms with E-state index in [-0.39, 0.29) is 5.38 Å². The topological polar surface area (TPSA) is 30.7 Å². The van der Waals surface area contributed by atoms with Gasteiger partial charge in [0.25, 0.3) is 0 Å². The molecule has 90 valence electrons. The molecule has 0 spiro atoms. The Morgan fingerprint density at radius 2 is 2.12 bits per heavy atom. The molecule has 17 heavy (non-hydrogen) atoms. The molecule has 4 heteroatoms. The second kappa shape index (κ2) is 4.88. The Hall–Kier alpha value is -1.35. The molecule has 2 rings (SSSR count). The third-order valence-electron chi connectivity index (χ3n) is 2.80. The van der Waals surface area contributed by atoms with Crippen molar-refractivity contribution in [2.24, 2.45) is 0 Å². The summed E-state index contributed by atoms with van der Waals surface area (Å²) in [5, 5.41) is 8.04. The summed E-state index contributed by atoms with van der Waals surface area (Å²) in [7, 11) is 0. The monoisotopic (exact) mass is 249 g/mol. The number of rotatable bonds is 3. The molecule has 0 saturated heterocycles. The summed E-state index contributed by atoms with van der Waals surface area (Å²) < 4.78 is 1.83. The van der Waals surface area contributed by atoms with Gasteiger partial charge in [-0.15, -0.1) is 16.7 Å². The van der Waals surface area contributed by atoms with Gasteiger partial charge in [0.2, 0.25) is 0 Å². The number of aryl methyl sites for hydroxylation is 2. The minimum absolute atomic E-state index is 0.0950. The van der Waals surface area contributed by atoms with E-state index >= 15 is 0 Å². The van der Waals surface area contributed by atoms with Gasteiger partial charge in [0.1, 0.15) is 5.69 Å². The average molecular weight is 250 g/mol. The summed E-state index contributed by atoms with van der Waals surface area (Å²) in [5.41, 5.74) is 4.61. The van der Waals surface area contributed by atoms with Crippen LogP contribution in [0.5, 0.6) is 0 Å². The first kappa shape index (κ1) is 12.1. The zero-order valence-electron chi connectivity index (χ0n) is 10.3. The molecule has 0 saturated carbocycles. The summed E-state index contributed by atoms with van der Waals surface area (Å²) in [4.78, 5) is 0. The SMILES string of the molecule is Cc1ccc(C)c(Cn2cc(C(C)Cl)nn2)c1. The lowest BCUT2D eigenvalue weighted by molar-refractivity contribution is 0.647. The van der Waals surface area contributed by atoms with Crippen LogP contribution in [0.3, 0.4) is 0 Å². The van der Waals surface area contributed by atoms with Crippen molar-refractivity contribution in [3.63, 3.8) is 0 Å². The molecule has 3 nitrogen and oxygen atoms in total. The molecule has 1 aromatic carbocycles. The molecule has 1 heterocycles. The van der Waals surface area contributed by atoms with Crippen LogP contribution in [-0.4, -0.2) is 15.0 Å². The van der Waals surface area contributed by atoms with Gasteiger partial charge >= 0.3 is 0 Å². The van der Waals surface area contributed by atoms with Crippen LogP contribution in [0.4, 0.5) is 0 Å². The Morgan fingerprint density at radius 3 is 2.76 bits per heavy atom. The van der Waals surface area contributed by atoms with Crippen LogP contribution in [0.1, 0.15) is 34.7 Å². The van der Waals surface area contributed by atoms with Crippen molar-refractivity contribution in [3.05, 3.63) is 46.8 Å². The molecule has 0 bridgehead atoms. The zero-order valence-corrected chi connectivity index (χ0v) is 11.1. The van der Waals surface area contributed by atoms with Crippen LogP contribution in [0, 0.1) is 13.8 Å². The van der Waals surface area contributed by atoms with E-state index in [1.165, 1.54) is 16.7 Å². The van der Waals surface area contributed by atoms with E-state index in [9.17, 15) is 0 Å². The second-order valence-corrected chi connectivity index (χ2v) is 5.04. The van der Waals surface area contributed by atoms with E-state index in [2.05, 4.69) is 42.4 Å². The molecule has 0 amide bonds. The zero-order chi connectivity index (χ0) is 12.4. The largest absolute Gasteiger partial charge is 0.248 e. The third-order valence-corrected chi connectivity index (χ3v) is 3.02. The number of alkyl halides is 1. The summed E-state index contributed by atoms with van der Waals surface area (Å²) in [5.74, 6) is 0. The first-order chi connectivity index (χ1) is 8.06. The van der Waals surface area contributed by atoms with Crippen molar-refractivity contribution in [1.29, 1.82) is 0 Å². The maximum Gasteiger partial charge on any atom is 0.100 e. The van der Waals surface area contributed by atoms with Gasteiger partial charge in [-0.05, 0) is 31.9 Å². The Morgan fingerprint density at radius 1 is 1.35 bits per heavy atom. The molecule has 2 aromatic rings. The molecule has 1 atom stereocenters. The lowest BCUT2D eigenvalue weighted by Crippen LogP contribution is -2.02. The molecule has 0 aliphatic carbocycles. The maximum atomic E-state index is 5.96. The van der Waals surface area contributed by atoms with Crippen molar-refractivity contribution in [2.75, 3.05) is 0 Å². The van der Waals surface area contributed by atoms with E-state index in [0.717, 1.165) is 12.2 Å². The smallest absolute Gasteiger partial charge is 0.100 e. The number of aromatic nitrogens is 3. The van der Waals surface area contributed by atoms with Crippen LogP contribution in [-0.2, 0) is 6.54 Å². The summed E-state index contributed by atoms with van der Waals surface area (Å²) >= 11 is 5.96. The highest BCUT2D eigenvalue weighted by atomic mass is 35.5. The lowest BCUT2D eigenvalue weighted by Gasteiger charge is -2.06. The van der Waals surface area contributed by atoms with Crippen LogP contribution in [0.2, 0.25) is 0 Å². The first-order valence-electron chi connectivity index (χ1n) is 5.66. The predicted molar refractivity (Wildman–Crippen MR) is 69.3 cm³/mol. The van der Waals surface area contributed by atoms with Crippen LogP contribution in [0.15, 0.2) is 24.4 Å². The third kappa shape index (κ3) is 2.86. The number of hydrogen-bond donors (Lipinski definition) is 0. The number of halogens is 1. The fourth-order valence-electron chi connectivity index (χ4n) is 1.72. The molecule has 0 aliphatic heterocycles. The molecule has 0 radical (unpaired) electrons. The van der Waals surface area contributed by atoms with E-state index in [1.54, 1.807) is 0 Å². The van der Waals surface area contributed by atoms with Gasteiger partial charge in [0, 0.05) is 0 Å². The van der Waals surface area contributed by atoms with Crippen molar-refractivity contribution >= 4 is 11.6 Å². The minimum Gasteiger partial charge on any atom is -0.248 e. The highest BCUT2D eigenvalue weighted by Crippen LogP contribution is 2.17. The van der Waals surface area contributed by atoms with E-state index < -0.39 is 0 Å². The van der Waals surface area contributed by atoms with Crippen molar-refractivity contribution < 1.29 is 0 Å². The average Bonchev–Trinajstić information content (AvgIpc) is 2.72. The predicted octanol–water partition coefficient (Wildman–Crippen LogP) is 3.24. The van der Waals surface area contributed by atoms with Gasteiger partial charge < -0.3 is 0 Å². The minimum atomic E-state index is -0.0950. The van der Waals surface area contributed by atoms with Gasteiger partial charge in [-0.25, -0.2) is 4.68 Å². The van der Waals surface area contributed by atoms with Gasteiger partial charge in [-0.3, -0.25) is 0 Å². The molecular formula is C13H16ClN3. The molecule has 0 N–H and O–H groups in total. The van der Waals surface area contributed by atoms with Gasteiger partial charge in [-0.1, -0.05) is 29.0 Å². The Balaban J connectivity index is 2.22. The quantitative estimate of drug-likeness (QED) is 0.782. The standard InChI is InChI=1S/C13H16ClN3/c1-9-4-5-10(2)12(6-9)7-17-8-13(11(3)14)15-16-17/h4-6,8,11H,7H2,1-3H3. The number of benzene rings is 1. The molecule has 0 aliphatic rings. The van der Waals surface area contributed by atoms with Crippen molar-refractivity contribution in [3.8, 4) is 0 Å². The summed E-state index contributed by atoms with van der Waals surface area (Å²) in [6.07, 6.45) is 1.90. The lowest BCUT2D eigenvalue weighted by atomic mass is 10.1. The number of hydrogen-bond acceptors (Lipinski definition) is 2. The van der Waals surface area contributed by atoms with E-state index in [0.29, 0.717) is 0 Å².